The van der Waals surface area contributed by atoms with Gasteiger partial charge < -0.3 is 15.2 Å². The molecule has 1 aliphatic heterocycles. The first-order valence-electron chi connectivity index (χ1n) is 7.29. The van der Waals surface area contributed by atoms with Gasteiger partial charge in [0.1, 0.15) is 5.75 Å². The van der Waals surface area contributed by atoms with Gasteiger partial charge in [0.05, 0.1) is 13.2 Å². The third-order valence-electron chi connectivity index (χ3n) is 4.06. The van der Waals surface area contributed by atoms with E-state index in [0.717, 1.165) is 43.7 Å². The Morgan fingerprint density at radius 3 is 2.95 bits per heavy atom. The maximum atomic E-state index is 10.4. The number of piperidine rings is 1. The van der Waals surface area contributed by atoms with Crippen molar-refractivity contribution in [3.8, 4) is 5.75 Å². The summed E-state index contributed by atoms with van der Waals surface area (Å²) < 4.78 is 5.41. The summed E-state index contributed by atoms with van der Waals surface area (Å²) in [4.78, 5) is 0. The van der Waals surface area contributed by atoms with Gasteiger partial charge in [-0.25, -0.2) is 0 Å². The fraction of sp³-hybridized carbons (Fsp3) is 0.625. The Morgan fingerprint density at radius 2 is 2.32 bits per heavy atom. The van der Waals surface area contributed by atoms with Crippen LogP contribution in [-0.2, 0) is 12.8 Å². The lowest BCUT2D eigenvalue weighted by Crippen LogP contribution is -2.37. The van der Waals surface area contributed by atoms with E-state index in [1.54, 1.807) is 7.11 Å². The van der Waals surface area contributed by atoms with Gasteiger partial charge in [-0.2, -0.15) is 0 Å². The van der Waals surface area contributed by atoms with Gasteiger partial charge >= 0.3 is 0 Å². The summed E-state index contributed by atoms with van der Waals surface area (Å²) in [7, 11) is 1.69. The fourth-order valence-electron chi connectivity index (χ4n) is 2.81. The van der Waals surface area contributed by atoms with Crippen molar-refractivity contribution in [3.05, 3.63) is 29.3 Å². The summed E-state index contributed by atoms with van der Waals surface area (Å²) in [5.41, 5.74) is 2.42. The van der Waals surface area contributed by atoms with Crippen molar-refractivity contribution in [2.24, 2.45) is 5.92 Å². The van der Waals surface area contributed by atoms with Crippen molar-refractivity contribution in [1.82, 2.24) is 5.32 Å². The van der Waals surface area contributed by atoms with Crippen LogP contribution in [0, 0.1) is 5.92 Å². The molecule has 0 amide bonds. The highest BCUT2D eigenvalue weighted by Crippen LogP contribution is 2.25. The molecule has 2 atom stereocenters. The van der Waals surface area contributed by atoms with E-state index in [1.165, 1.54) is 5.56 Å². The lowest BCUT2D eigenvalue weighted by atomic mass is 9.89. The molecule has 0 radical (unpaired) electrons. The molecule has 2 rings (SSSR count). The summed E-state index contributed by atoms with van der Waals surface area (Å²) >= 11 is 0. The summed E-state index contributed by atoms with van der Waals surface area (Å²) in [5, 5.41) is 13.8. The number of aliphatic hydroxyl groups is 1. The average molecular weight is 263 g/mol. The summed E-state index contributed by atoms with van der Waals surface area (Å²) in [6.07, 6.45) is 3.69. The lowest BCUT2D eigenvalue weighted by Gasteiger charge is -2.27. The Hall–Kier alpha value is -1.06. The van der Waals surface area contributed by atoms with Gasteiger partial charge in [-0.3, -0.25) is 0 Å². The first kappa shape index (κ1) is 14.4. The van der Waals surface area contributed by atoms with Crippen molar-refractivity contribution < 1.29 is 9.84 Å². The summed E-state index contributed by atoms with van der Waals surface area (Å²) in [6, 6.07) is 6.27. The number of aliphatic hydroxyl groups excluding tert-OH is 1. The van der Waals surface area contributed by atoms with Gasteiger partial charge in [-0.05, 0) is 48.9 Å². The van der Waals surface area contributed by atoms with Crippen LogP contribution < -0.4 is 10.1 Å². The number of hydrogen-bond donors (Lipinski definition) is 2. The number of ether oxygens (including phenoxy) is 1. The third kappa shape index (κ3) is 3.71. The molecule has 3 heteroatoms. The number of rotatable bonds is 5. The van der Waals surface area contributed by atoms with Gasteiger partial charge in [-0.1, -0.05) is 19.1 Å². The van der Waals surface area contributed by atoms with Crippen LogP contribution in [0.15, 0.2) is 18.2 Å². The Kier molecular flexibility index (Phi) is 5.23. The molecule has 0 saturated carbocycles. The molecule has 0 aromatic heterocycles. The van der Waals surface area contributed by atoms with Gasteiger partial charge in [0, 0.05) is 13.0 Å². The van der Waals surface area contributed by atoms with Crippen LogP contribution >= 0.6 is 0 Å². The molecular formula is C16H25NO2. The third-order valence-corrected chi connectivity index (χ3v) is 4.06. The summed E-state index contributed by atoms with van der Waals surface area (Å²) in [5.74, 6) is 1.25. The number of nitrogens with one attached hydrogen (secondary N) is 1. The molecule has 1 aromatic carbocycles. The Balaban J connectivity index is 2.07. The van der Waals surface area contributed by atoms with Crippen LogP contribution in [0.25, 0.3) is 0 Å². The van der Waals surface area contributed by atoms with Gasteiger partial charge in [-0.15, -0.1) is 0 Å². The number of benzene rings is 1. The highest BCUT2D eigenvalue weighted by Gasteiger charge is 2.22. The van der Waals surface area contributed by atoms with Crippen molar-refractivity contribution in [2.45, 2.75) is 38.7 Å². The van der Waals surface area contributed by atoms with Crippen LogP contribution in [0.5, 0.6) is 5.75 Å². The molecule has 1 fully saturated rings. The SMILES string of the molecule is CCc1ccc(OC)c(CC(O)C2CCCNC2)c1. The molecule has 19 heavy (non-hydrogen) atoms. The second kappa shape index (κ2) is 6.92. The first-order valence-corrected chi connectivity index (χ1v) is 7.29. The summed E-state index contributed by atoms with van der Waals surface area (Å²) in [6.45, 7) is 4.15. The van der Waals surface area contributed by atoms with Gasteiger partial charge in [0.2, 0.25) is 0 Å². The molecule has 1 heterocycles. The van der Waals surface area contributed by atoms with E-state index >= 15 is 0 Å². The zero-order valence-corrected chi connectivity index (χ0v) is 12.0. The number of hydrogen-bond acceptors (Lipinski definition) is 3. The van der Waals surface area contributed by atoms with Crippen molar-refractivity contribution >= 4 is 0 Å². The largest absolute Gasteiger partial charge is 0.496 e. The van der Waals surface area contributed by atoms with E-state index in [4.69, 9.17) is 4.74 Å². The minimum atomic E-state index is -0.284. The van der Waals surface area contributed by atoms with Crippen LogP contribution in [0.3, 0.4) is 0 Å². The second-order valence-electron chi connectivity index (χ2n) is 5.38. The molecule has 3 nitrogen and oxygen atoms in total. The maximum absolute atomic E-state index is 10.4. The van der Waals surface area contributed by atoms with E-state index in [1.807, 2.05) is 6.07 Å². The van der Waals surface area contributed by atoms with Crippen molar-refractivity contribution in [3.63, 3.8) is 0 Å². The van der Waals surface area contributed by atoms with Gasteiger partial charge in [0.15, 0.2) is 0 Å². The normalized spacial score (nSPS) is 21.1. The van der Waals surface area contributed by atoms with Crippen molar-refractivity contribution in [1.29, 1.82) is 0 Å². The van der Waals surface area contributed by atoms with Crippen LogP contribution in [0.2, 0.25) is 0 Å². The highest BCUT2D eigenvalue weighted by molar-refractivity contribution is 5.37. The predicted octanol–water partition coefficient (Wildman–Crippen LogP) is 2.16. The average Bonchev–Trinajstić information content (AvgIpc) is 2.48. The topological polar surface area (TPSA) is 41.5 Å². The minimum absolute atomic E-state index is 0.284. The molecule has 0 bridgehead atoms. The zero-order valence-electron chi connectivity index (χ0n) is 12.0. The molecule has 106 valence electrons. The molecule has 0 aliphatic carbocycles. The Morgan fingerprint density at radius 1 is 1.47 bits per heavy atom. The monoisotopic (exact) mass is 263 g/mol. The maximum Gasteiger partial charge on any atom is 0.122 e. The number of methoxy groups -OCH3 is 1. The fourth-order valence-corrected chi connectivity index (χ4v) is 2.81. The van der Waals surface area contributed by atoms with Crippen LogP contribution in [0.4, 0.5) is 0 Å². The minimum Gasteiger partial charge on any atom is -0.496 e. The van der Waals surface area contributed by atoms with E-state index < -0.39 is 0 Å². The second-order valence-corrected chi connectivity index (χ2v) is 5.38. The Bertz CT molecular complexity index is 400. The smallest absolute Gasteiger partial charge is 0.122 e. The number of aryl methyl sites for hydroxylation is 1. The molecule has 2 N–H and O–H groups in total. The van der Waals surface area contributed by atoms with Crippen LogP contribution in [0.1, 0.15) is 30.9 Å². The molecule has 1 saturated heterocycles. The van der Waals surface area contributed by atoms with E-state index in [-0.39, 0.29) is 6.10 Å². The first-order chi connectivity index (χ1) is 9.24. The molecule has 2 unspecified atom stereocenters. The van der Waals surface area contributed by atoms with Crippen molar-refractivity contribution in [2.75, 3.05) is 20.2 Å². The molecule has 0 spiro atoms. The lowest BCUT2D eigenvalue weighted by molar-refractivity contribution is 0.0916. The molecular weight excluding hydrogens is 238 g/mol. The standard InChI is InChI=1S/C16H25NO2/c1-3-12-6-7-16(19-2)14(9-12)10-15(18)13-5-4-8-17-11-13/h6-7,9,13,15,17-18H,3-5,8,10-11H2,1-2H3. The Labute approximate surface area is 116 Å². The van der Waals surface area contributed by atoms with Gasteiger partial charge in [0.25, 0.3) is 0 Å². The van der Waals surface area contributed by atoms with E-state index in [2.05, 4.69) is 24.4 Å². The molecule has 1 aliphatic rings. The quantitative estimate of drug-likeness (QED) is 0.855. The van der Waals surface area contributed by atoms with E-state index in [0.29, 0.717) is 12.3 Å². The highest BCUT2D eigenvalue weighted by atomic mass is 16.5. The van der Waals surface area contributed by atoms with Crippen LogP contribution in [-0.4, -0.2) is 31.4 Å². The van der Waals surface area contributed by atoms with E-state index in [9.17, 15) is 5.11 Å². The predicted molar refractivity (Wildman–Crippen MR) is 77.7 cm³/mol. The molecule has 1 aromatic rings. The zero-order chi connectivity index (χ0) is 13.7.